The van der Waals surface area contributed by atoms with Crippen LogP contribution in [-0.2, 0) is 11.3 Å². The molecule has 0 aromatic carbocycles. The number of carboxylic acid groups (broad SMARTS) is 1. The summed E-state index contributed by atoms with van der Waals surface area (Å²) in [5.74, 6) is -0.787. The van der Waals surface area contributed by atoms with Crippen LogP contribution < -0.4 is 5.32 Å². The van der Waals surface area contributed by atoms with Crippen LogP contribution in [0.2, 0.25) is 0 Å². The average Bonchev–Trinajstić information content (AvgIpc) is 2.78. The molecular formula is C15H20N2O3S. The highest BCUT2D eigenvalue weighted by atomic mass is 32.1. The van der Waals surface area contributed by atoms with Crippen LogP contribution in [-0.4, -0.2) is 22.0 Å². The van der Waals surface area contributed by atoms with Crippen molar-refractivity contribution < 1.29 is 14.7 Å². The van der Waals surface area contributed by atoms with Crippen LogP contribution >= 0.6 is 11.3 Å². The standard InChI is InChI=1S/C15H20N2O3S/c1-8(2)5-9-12(15(9,3)4)13(18)16-6-11-17-10(7-21-11)14(19)20/h5,7,9,12H,6H2,1-4H3,(H,16,18)(H,19,20)/t9-,12-/m1/s1. The normalized spacial score (nSPS) is 22.5. The van der Waals surface area contributed by atoms with Gasteiger partial charge < -0.3 is 10.4 Å². The molecule has 6 heteroatoms. The maximum absolute atomic E-state index is 12.2. The number of nitrogens with one attached hydrogen (secondary N) is 1. The Hall–Kier alpha value is -1.69. The van der Waals surface area contributed by atoms with Gasteiger partial charge in [-0.1, -0.05) is 25.5 Å². The van der Waals surface area contributed by atoms with E-state index in [1.807, 2.05) is 13.8 Å². The zero-order valence-electron chi connectivity index (χ0n) is 12.6. The summed E-state index contributed by atoms with van der Waals surface area (Å²) in [5.41, 5.74) is 1.23. The van der Waals surface area contributed by atoms with Gasteiger partial charge in [-0.15, -0.1) is 11.3 Å². The number of hydrogen-bond acceptors (Lipinski definition) is 4. The number of carboxylic acids is 1. The molecule has 0 aliphatic heterocycles. The van der Waals surface area contributed by atoms with E-state index >= 15 is 0 Å². The minimum Gasteiger partial charge on any atom is -0.476 e. The summed E-state index contributed by atoms with van der Waals surface area (Å²) in [5, 5.41) is 13.8. The van der Waals surface area contributed by atoms with E-state index in [-0.39, 0.29) is 35.4 Å². The van der Waals surface area contributed by atoms with Crippen molar-refractivity contribution in [2.75, 3.05) is 0 Å². The second-order valence-electron chi connectivity index (χ2n) is 6.22. The molecule has 5 nitrogen and oxygen atoms in total. The minimum absolute atomic E-state index is 0.00887. The quantitative estimate of drug-likeness (QED) is 0.820. The molecule has 0 unspecified atom stereocenters. The van der Waals surface area contributed by atoms with Gasteiger partial charge >= 0.3 is 5.97 Å². The van der Waals surface area contributed by atoms with Crippen LogP contribution in [0.5, 0.6) is 0 Å². The average molecular weight is 308 g/mol. The minimum atomic E-state index is -1.05. The van der Waals surface area contributed by atoms with Crippen LogP contribution in [0, 0.1) is 17.3 Å². The van der Waals surface area contributed by atoms with Crippen molar-refractivity contribution in [3.8, 4) is 0 Å². The summed E-state index contributed by atoms with van der Waals surface area (Å²) < 4.78 is 0. The first-order chi connectivity index (χ1) is 9.73. The van der Waals surface area contributed by atoms with Gasteiger partial charge in [-0.2, -0.15) is 0 Å². The van der Waals surface area contributed by atoms with Gasteiger partial charge in [0, 0.05) is 5.38 Å². The van der Waals surface area contributed by atoms with E-state index in [2.05, 4.69) is 30.2 Å². The number of aromatic carboxylic acids is 1. The lowest BCUT2D eigenvalue weighted by Gasteiger charge is -2.04. The van der Waals surface area contributed by atoms with E-state index in [0.29, 0.717) is 5.01 Å². The third-order valence-electron chi connectivity index (χ3n) is 3.89. The molecule has 2 rings (SSSR count). The number of amides is 1. The topological polar surface area (TPSA) is 79.3 Å². The van der Waals surface area contributed by atoms with Crippen molar-refractivity contribution in [1.29, 1.82) is 0 Å². The summed E-state index contributed by atoms with van der Waals surface area (Å²) in [6.07, 6.45) is 2.15. The van der Waals surface area contributed by atoms with E-state index in [1.165, 1.54) is 22.3 Å². The Morgan fingerprint density at radius 3 is 2.67 bits per heavy atom. The highest BCUT2D eigenvalue weighted by Gasteiger charge is 2.60. The number of carbonyl (C=O) groups is 2. The first-order valence-electron chi connectivity index (χ1n) is 6.84. The van der Waals surface area contributed by atoms with E-state index < -0.39 is 5.97 Å². The number of allylic oxidation sites excluding steroid dienone is 2. The Morgan fingerprint density at radius 1 is 1.48 bits per heavy atom. The summed E-state index contributed by atoms with van der Waals surface area (Å²) in [4.78, 5) is 27.0. The van der Waals surface area contributed by atoms with Gasteiger partial charge in [0.05, 0.1) is 12.5 Å². The molecule has 0 saturated heterocycles. The number of hydrogen-bond donors (Lipinski definition) is 2. The molecule has 1 aromatic rings. The number of nitrogens with zero attached hydrogens (tertiary/aromatic N) is 1. The van der Waals surface area contributed by atoms with Crippen molar-refractivity contribution in [2.45, 2.75) is 34.2 Å². The molecule has 1 aliphatic rings. The number of thiazole rings is 1. The lowest BCUT2D eigenvalue weighted by atomic mass is 10.1. The van der Waals surface area contributed by atoms with Gasteiger partial charge in [-0.25, -0.2) is 9.78 Å². The van der Waals surface area contributed by atoms with Crippen molar-refractivity contribution >= 4 is 23.2 Å². The number of carbonyl (C=O) groups excluding carboxylic acids is 1. The largest absolute Gasteiger partial charge is 0.476 e. The lowest BCUT2D eigenvalue weighted by Crippen LogP contribution is -2.26. The van der Waals surface area contributed by atoms with Gasteiger partial charge in [0.1, 0.15) is 5.01 Å². The van der Waals surface area contributed by atoms with E-state index in [4.69, 9.17) is 5.11 Å². The summed E-state index contributed by atoms with van der Waals surface area (Å²) in [6.45, 7) is 8.53. The fourth-order valence-corrected chi connectivity index (χ4v) is 3.32. The first kappa shape index (κ1) is 15.7. The van der Waals surface area contributed by atoms with Gasteiger partial charge in [0.15, 0.2) is 5.69 Å². The van der Waals surface area contributed by atoms with Crippen LogP contribution in [0.15, 0.2) is 17.0 Å². The van der Waals surface area contributed by atoms with Crippen LogP contribution in [0.4, 0.5) is 0 Å². The SMILES string of the molecule is CC(C)=C[C@@H]1[C@H](C(=O)NCc2nc(C(=O)O)cs2)C1(C)C. The Labute approximate surface area is 128 Å². The number of rotatable bonds is 5. The maximum atomic E-state index is 12.2. The molecule has 1 saturated carbocycles. The summed E-state index contributed by atoms with van der Waals surface area (Å²) >= 11 is 1.24. The van der Waals surface area contributed by atoms with E-state index in [9.17, 15) is 9.59 Å². The van der Waals surface area contributed by atoms with Gasteiger partial charge in [-0.05, 0) is 25.2 Å². The molecule has 1 amide bonds. The van der Waals surface area contributed by atoms with E-state index in [1.54, 1.807) is 0 Å². The molecular weight excluding hydrogens is 288 g/mol. The zero-order valence-corrected chi connectivity index (χ0v) is 13.5. The lowest BCUT2D eigenvalue weighted by molar-refractivity contribution is -0.123. The van der Waals surface area contributed by atoms with Crippen LogP contribution in [0.25, 0.3) is 0 Å². The predicted octanol–water partition coefficient (Wildman–Crippen LogP) is 2.70. The molecule has 0 radical (unpaired) electrons. The van der Waals surface area contributed by atoms with E-state index in [0.717, 1.165) is 0 Å². The third-order valence-corrected chi connectivity index (χ3v) is 4.74. The molecule has 2 atom stereocenters. The Bertz CT molecular complexity index is 600. The fourth-order valence-electron chi connectivity index (χ4n) is 2.61. The molecule has 0 bridgehead atoms. The summed E-state index contributed by atoms with van der Waals surface area (Å²) in [6, 6.07) is 0. The monoisotopic (exact) mass is 308 g/mol. The molecule has 1 heterocycles. The third kappa shape index (κ3) is 3.32. The highest BCUT2D eigenvalue weighted by molar-refractivity contribution is 7.09. The molecule has 1 aromatic heterocycles. The molecule has 2 N–H and O–H groups in total. The second-order valence-corrected chi connectivity index (χ2v) is 7.16. The molecule has 1 aliphatic carbocycles. The zero-order chi connectivity index (χ0) is 15.8. The van der Waals surface area contributed by atoms with Gasteiger partial charge in [0.2, 0.25) is 5.91 Å². The van der Waals surface area contributed by atoms with Crippen LogP contribution in [0.1, 0.15) is 43.2 Å². The maximum Gasteiger partial charge on any atom is 0.355 e. The predicted molar refractivity (Wildman–Crippen MR) is 81.1 cm³/mol. The fraction of sp³-hybridized carbons (Fsp3) is 0.533. The van der Waals surface area contributed by atoms with Crippen molar-refractivity contribution in [3.05, 3.63) is 27.7 Å². The summed E-state index contributed by atoms with van der Waals surface area (Å²) in [7, 11) is 0. The molecule has 114 valence electrons. The highest BCUT2D eigenvalue weighted by Crippen LogP contribution is 2.59. The molecule has 21 heavy (non-hydrogen) atoms. The second kappa shape index (κ2) is 5.60. The smallest absolute Gasteiger partial charge is 0.355 e. The number of aromatic nitrogens is 1. The van der Waals surface area contributed by atoms with Crippen molar-refractivity contribution in [3.63, 3.8) is 0 Å². The Balaban J connectivity index is 1.93. The van der Waals surface area contributed by atoms with Crippen LogP contribution in [0.3, 0.4) is 0 Å². The van der Waals surface area contributed by atoms with Gasteiger partial charge in [0.25, 0.3) is 0 Å². The van der Waals surface area contributed by atoms with Crippen molar-refractivity contribution in [2.24, 2.45) is 17.3 Å². The molecule has 1 fully saturated rings. The Kier molecular flexibility index (Phi) is 4.18. The Morgan fingerprint density at radius 2 is 2.14 bits per heavy atom. The van der Waals surface area contributed by atoms with Gasteiger partial charge in [-0.3, -0.25) is 4.79 Å². The molecule has 0 spiro atoms. The van der Waals surface area contributed by atoms with Crippen molar-refractivity contribution in [1.82, 2.24) is 10.3 Å². The first-order valence-corrected chi connectivity index (χ1v) is 7.72.